The van der Waals surface area contributed by atoms with Gasteiger partial charge in [-0.3, -0.25) is 0 Å². The third kappa shape index (κ3) is 3.23. The zero-order valence-corrected chi connectivity index (χ0v) is 23.9. The van der Waals surface area contributed by atoms with Gasteiger partial charge in [0.05, 0.1) is 16.1 Å². The van der Waals surface area contributed by atoms with Crippen LogP contribution in [-0.4, -0.2) is 0 Å². The van der Waals surface area contributed by atoms with Gasteiger partial charge in [-0.2, -0.15) is 0 Å². The molecule has 10 aromatic rings. The Balaban J connectivity index is 1.33. The molecule has 0 radical (unpaired) electrons. The predicted octanol–water partition coefficient (Wildman–Crippen LogP) is 12.3. The molecule has 0 bridgehead atoms. The van der Waals surface area contributed by atoms with Gasteiger partial charge in [0.2, 0.25) is 0 Å². The number of rotatable bonds is 3. The average molecular weight is 566 g/mol. The van der Waals surface area contributed by atoms with E-state index in [4.69, 9.17) is 4.42 Å². The molecule has 2 aromatic heterocycles. The van der Waals surface area contributed by atoms with E-state index in [-0.39, 0.29) is 0 Å². The summed E-state index contributed by atoms with van der Waals surface area (Å²) < 4.78 is 8.98. The maximum atomic E-state index is 6.41. The van der Waals surface area contributed by atoms with Crippen LogP contribution in [0, 0.1) is 0 Å². The van der Waals surface area contributed by atoms with E-state index in [2.05, 4.69) is 132 Å². The van der Waals surface area contributed by atoms with Crippen LogP contribution in [0.3, 0.4) is 0 Å². The molecule has 0 fully saturated rings. The Labute approximate surface area is 250 Å². The summed E-state index contributed by atoms with van der Waals surface area (Å²) in [5.41, 5.74) is 5.21. The Kier molecular flexibility index (Phi) is 4.63. The summed E-state index contributed by atoms with van der Waals surface area (Å²) in [5, 5.41) is 12.5. The number of hydrogen-bond donors (Lipinski definition) is 0. The molecule has 0 unspecified atom stereocenters. The molecule has 0 spiro atoms. The predicted molar refractivity (Wildman–Crippen MR) is 185 cm³/mol. The lowest BCUT2D eigenvalue weighted by Crippen LogP contribution is -2.10. The molecule has 2 nitrogen and oxygen atoms in total. The number of furan rings is 1. The van der Waals surface area contributed by atoms with Gasteiger partial charge in [0.15, 0.2) is 0 Å². The molecule has 0 aliphatic heterocycles. The highest BCUT2D eigenvalue weighted by atomic mass is 32.1. The number of anilines is 3. The molecule has 0 saturated heterocycles. The lowest BCUT2D eigenvalue weighted by atomic mass is 9.93. The first-order chi connectivity index (χ1) is 21.3. The smallest absolute Gasteiger partial charge is 0.137 e. The standard InChI is InChI=1S/C40H23NOS/c1-3-13-35-28(9-1)29-21-19-27(23-36(29)42-35)41(34-12-6-11-31-30-10-2-4-14-37(30)43-40(31)34)33-22-18-26-16-15-24-7-5-8-25-17-20-32(33)39(26)38(24)25/h1-23H. The normalized spacial score (nSPS) is 12.2. The van der Waals surface area contributed by atoms with Crippen molar-refractivity contribution in [1.82, 2.24) is 0 Å². The summed E-state index contributed by atoms with van der Waals surface area (Å²) in [5.74, 6) is 0. The Morgan fingerprint density at radius 2 is 1.12 bits per heavy atom. The molecule has 8 aromatic carbocycles. The van der Waals surface area contributed by atoms with Crippen molar-refractivity contribution in [2.24, 2.45) is 0 Å². The highest BCUT2D eigenvalue weighted by Gasteiger charge is 2.22. The summed E-state index contributed by atoms with van der Waals surface area (Å²) >= 11 is 1.86. The summed E-state index contributed by atoms with van der Waals surface area (Å²) in [7, 11) is 0. The average Bonchev–Trinajstić information content (AvgIpc) is 3.63. The molecular weight excluding hydrogens is 543 g/mol. The SMILES string of the molecule is c1cc2ccc3ccc(N(c4ccc5c(c4)oc4ccccc45)c4cccc5c4sc4ccccc45)c4ccc(c1)c2c34. The second-order valence-corrected chi connectivity index (χ2v) is 12.4. The van der Waals surface area contributed by atoms with Gasteiger partial charge >= 0.3 is 0 Å². The molecule has 3 heteroatoms. The molecule has 10 rings (SSSR count). The van der Waals surface area contributed by atoms with Gasteiger partial charge in [-0.1, -0.05) is 97.1 Å². The van der Waals surface area contributed by atoms with Gasteiger partial charge in [-0.25, -0.2) is 0 Å². The van der Waals surface area contributed by atoms with Gasteiger partial charge in [0.1, 0.15) is 11.2 Å². The van der Waals surface area contributed by atoms with E-state index in [1.54, 1.807) is 0 Å². The van der Waals surface area contributed by atoms with E-state index >= 15 is 0 Å². The second-order valence-electron chi connectivity index (χ2n) is 11.3. The fraction of sp³-hybridized carbons (Fsp3) is 0. The molecule has 0 aliphatic carbocycles. The van der Waals surface area contributed by atoms with Crippen LogP contribution in [0.25, 0.3) is 74.4 Å². The minimum absolute atomic E-state index is 0.893. The van der Waals surface area contributed by atoms with Crippen LogP contribution < -0.4 is 4.90 Å². The highest BCUT2D eigenvalue weighted by molar-refractivity contribution is 7.26. The molecule has 0 aliphatic rings. The molecule has 0 amide bonds. The molecule has 0 atom stereocenters. The van der Waals surface area contributed by atoms with Crippen LogP contribution in [0.5, 0.6) is 0 Å². The van der Waals surface area contributed by atoms with Crippen molar-refractivity contribution < 1.29 is 4.42 Å². The van der Waals surface area contributed by atoms with E-state index in [1.165, 1.54) is 58.2 Å². The second kappa shape index (κ2) is 8.57. The third-order valence-electron chi connectivity index (χ3n) is 8.99. The zero-order valence-electron chi connectivity index (χ0n) is 23.0. The number of hydrogen-bond acceptors (Lipinski definition) is 3. The fourth-order valence-corrected chi connectivity index (χ4v) is 8.29. The fourth-order valence-electron chi connectivity index (χ4n) is 7.08. The van der Waals surface area contributed by atoms with Crippen LogP contribution in [0.1, 0.15) is 0 Å². The number of benzene rings is 8. The molecule has 43 heavy (non-hydrogen) atoms. The van der Waals surface area contributed by atoms with E-state index in [0.717, 1.165) is 33.3 Å². The van der Waals surface area contributed by atoms with Crippen molar-refractivity contribution >= 4 is 103 Å². The van der Waals surface area contributed by atoms with Crippen LogP contribution in [0.15, 0.2) is 144 Å². The van der Waals surface area contributed by atoms with Crippen LogP contribution in [0.4, 0.5) is 17.1 Å². The third-order valence-corrected chi connectivity index (χ3v) is 10.2. The van der Waals surface area contributed by atoms with E-state index in [1.807, 2.05) is 23.5 Å². The lowest BCUT2D eigenvalue weighted by molar-refractivity contribution is 0.669. The van der Waals surface area contributed by atoms with E-state index in [9.17, 15) is 0 Å². The minimum atomic E-state index is 0.893. The molecule has 0 N–H and O–H groups in total. The highest BCUT2D eigenvalue weighted by Crippen LogP contribution is 2.48. The maximum Gasteiger partial charge on any atom is 0.137 e. The Morgan fingerprint density at radius 3 is 2.02 bits per heavy atom. The summed E-state index contributed by atoms with van der Waals surface area (Å²) in [6, 6.07) is 50.6. The monoisotopic (exact) mass is 565 g/mol. The van der Waals surface area contributed by atoms with Crippen molar-refractivity contribution in [1.29, 1.82) is 0 Å². The number of fused-ring (bicyclic) bond motifs is 6. The van der Waals surface area contributed by atoms with Gasteiger partial charge in [-0.05, 0) is 63.3 Å². The number of nitrogens with zero attached hydrogens (tertiary/aromatic N) is 1. The quantitative estimate of drug-likeness (QED) is 0.198. The topological polar surface area (TPSA) is 16.4 Å². The molecule has 0 saturated carbocycles. The molecule has 2 heterocycles. The largest absolute Gasteiger partial charge is 0.456 e. The van der Waals surface area contributed by atoms with Gasteiger partial charge in [0.25, 0.3) is 0 Å². The van der Waals surface area contributed by atoms with Crippen molar-refractivity contribution in [2.45, 2.75) is 0 Å². The molecule has 200 valence electrons. The van der Waals surface area contributed by atoms with Crippen LogP contribution in [-0.2, 0) is 0 Å². The summed E-state index contributed by atoms with van der Waals surface area (Å²) in [4.78, 5) is 2.44. The first-order valence-corrected chi connectivity index (χ1v) is 15.4. The Hall–Kier alpha value is -5.38. The van der Waals surface area contributed by atoms with Crippen LogP contribution in [0.2, 0.25) is 0 Å². The van der Waals surface area contributed by atoms with Gasteiger partial charge in [0, 0.05) is 43.4 Å². The van der Waals surface area contributed by atoms with Gasteiger partial charge < -0.3 is 9.32 Å². The van der Waals surface area contributed by atoms with Crippen molar-refractivity contribution in [2.75, 3.05) is 4.90 Å². The van der Waals surface area contributed by atoms with Crippen LogP contribution >= 0.6 is 11.3 Å². The summed E-state index contributed by atoms with van der Waals surface area (Å²) in [6.07, 6.45) is 0. The van der Waals surface area contributed by atoms with Gasteiger partial charge in [-0.15, -0.1) is 11.3 Å². The van der Waals surface area contributed by atoms with Crippen molar-refractivity contribution in [3.63, 3.8) is 0 Å². The van der Waals surface area contributed by atoms with E-state index in [0.29, 0.717) is 0 Å². The lowest BCUT2D eigenvalue weighted by Gasteiger charge is -2.28. The number of para-hydroxylation sites is 1. The number of thiophene rings is 1. The Morgan fingerprint density at radius 1 is 0.442 bits per heavy atom. The summed E-state index contributed by atoms with van der Waals surface area (Å²) in [6.45, 7) is 0. The minimum Gasteiger partial charge on any atom is -0.456 e. The van der Waals surface area contributed by atoms with Crippen molar-refractivity contribution in [3.8, 4) is 0 Å². The molecular formula is C40H23NOS. The maximum absolute atomic E-state index is 6.41. The zero-order chi connectivity index (χ0) is 28.1. The first kappa shape index (κ1) is 23.2. The van der Waals surface area contributed by atoms with E-state index < -0.39 is 0 Å². The Bertz CT molecular complexity index is 2680. The first-order valence-electron chi connectivity index (χ1n) is 14.6. The van der Waals surface area contributed by atoms with Crippen molar-refractivity contribution in [3.05, 3.63) is 140 Å².